The van der Waals surface area contributed by atoms with Crippen molar-refractivity contribution in [3.63, 3.8) is 0 Å². The Morgan fingerprint density at radius 3 is 2.03 bits per heavy atom. The second-order valence-electron chi connectivity index (χ2n) is 7.25. The van der Waals surface area contributed by atoms with E-state index < -0.39 is 6.09 Å². The monoisotopic (exact) mass is 450 g/mol. The van der Waals surface area contributed by atoms with Crippen molar-refractivity contribution in [3.8, 4) is 11.5 Å². The molecular weight excluding hydrogens is 427 g/mol. The van der Waals surface area contributed by atoms with E-state index in [0.717, 1.165) is 25.7 Å². The maximum Gasteiger partial charge on any atom is 0.412 e. The van der Waals surface area contributed by atoms with E-state index >= 15 is 0 Å². The summed E-state index contributed by atoms with van der Waals surface area (Å²) in [5.41, 5.74) is 0. The molecule has 6 nitrogen and oxygen atoms in total. The van der Waals surface area contributed by atoms with E-state index in [-0.39, 0.29) is 18.6 Å². The van der Waals surface area contributed by atoms with E-state index in [2.05, 4.69) is 10.6 Å². The summed E-state index contributed by atoms with van der Waals surface area (Å²) < 4.78 is 10.7. The summed E-state index contributed by atoms with van der Waals surface area (Å²) in [7, 11) is 0. The van der Waals surface area contributed by atoms with E-state index in [1.54, 1.807) is 48.5 Å². The Bertz CT molecular complexity index is 835. The van der Waals surface area contributed by atoms with Gasteiger partial charge in [0.25, 0.3) is 5.91 Å². The SMILES string of the molecule is O=C(COc1ccc(Cl)cc1)N[C@H]1CC[C@H](CNC(=O)Oc2ccc(Cl)cc2)CC1. The number of halogens is 2. The highest BCUT2D eigenvalue weighted by atomic mass is 35.5. The number of hydrogen-bond donors (Lipinski definition) is 2. The second-order valence-corrected chi connectivity index (χ2v) is 8.12. The molecule has 2 amide bonds. The van der Waals surface area contributed by atoms with Crippen molar-refractivity contribution in [1.29, 1.82) is 0 Å². The fraction of sp³-hybridized carbons (Fsp3) is 0.364. The molecular formula is C22H24Cl2N2O4. The first-order chi connectivity index (χ1) is 14.5. The fourth-order valence-corrected chi connectivity index (χ4v) is 3.59. The third-order valence-electron chi connectivity index (χ3n) is 4.95. The molecule has 2 aromatic carbocycles. The van der Waals surface area contributed by atoms with E-state index in [0.29, 0.717) is 34.0 Å². The van der Waals surface area contributed by atoms with Crippen molar-refractivity contribution in [2.24, 2.45) is 5.92 Å². The van der Waals surface area contributed by atoms with Crippen LogP contribution in [0.3, 0.4) is 0 Å². The van der Waals surface area contributed by atoms with E-state index in [9.17, 15) is 9.59 Å². The van der Waals surface area contributed by atoms with Crippen LogP contribution in [0.5, 0.6) is 11.5 Å². The molecule has 0 saturated heterocycles. The van der Waals surface area contributed by atoms with Gasteiger partial charge in [0.1, 0.15) is 11.5 Å². The average molecular weight is 451 g/mol. The summed E-state index contributed by atoms with van der Waals surface area (Å²) in [6.45, 7) is 0.520. The first-order valence-corrected chi connectivity index (χ1v) is 10.6. The van der Waals surface area contributed by atoms with Crippen molar-refractivity contribution in [1.82, 2.24) is 10.6 Å². The van der Waals surface area contributed by atoms with Crippen LogP contribution in [0.1, 0.15) is 25.7 Å². The van der Waals surface area contributed by atoms with Crippen molar-refractivity contribution in [2.45, 2.75) is 31.7 Å². The molecule has 0 radical (unpaired) electrons. The van der Waals surface area contributed by atoms with Crippen LogP contribution >= 0.6 is 23.2 Å². The molecule has 8 heteroatoms. The third kappa shape index (κ3) is 7.43. The van der Waals surface area contributed by atoms with Gasteiger partial charge in [-0.1, -0.05) is 23.2 Å². The number of nitrogens with one attached hydrogen (secondary N) is 2. The number of carbonyl (C=O) groups is 2. The van der Waals surface area contributed by atoms with Crippen LogP contribution in [-0.2, 0) is 4.79 Å². The zero-order chi connectivity index (χ0) is 21.3. The van der Waals surface area contributed by atoms with Gasteiger partial charge in [-0.25, -0.2) is 4.79 Å². The van der Waals surface area contributed by atoms with Crippen LogP contribution in [0.25, 0.3) is 0 Å². The van der Waals surface area contributed by atoms with Gasteiger partial charge >= 0.3 is 6.09 Å². The van der Waals surface area contributed by atoms with E-state index in [1.807, 2.05) is 0 Å². The zero-order valence-electron chi connectivity index (χ0n) is 16.4. The van der Waals surface area contributed by atoms with Gasteiger partial charge in [0.15, 0.2) is 6.61 Å². The van der Waals surface area contributed by atoms with Gasteiger partial charge in [0, 0.05) is 22.6 Å². The summed E-state index contributed by atoms with van der Waals surface area (Å²) in [5.74, 6) is 1.28. The topological polar surface area (TPSA) is 76.7 Å². The van der Waals surface area contributed by atoms with Gasteiger partial charge in [-0.15, -0.1) is 0 Å². The largest absolute Gasteiger partial charge is 0.484 e. The second kappa shape index (κ2) is 11.1. The summed E-state index contributed by atoms with van der Waals surface area (Å²) in [6, 6.07) is 13.6. The molecule has 3 rings (SSSR count). The molecule has 1 fully saturated rings. The number of ether oxygens (including phenoxy) is 2. The molecule has 0 aliphatic heterocycles. The summed E-state index contributed by atoms with van der Waals surface area (Å²) >= 11 is 11.6. The molecule has 0 heterocycles. The van der Waals surface area contributed by atoms with E-state index in [1.165, 1.54) is 0 Å². The highest BCUT2D eigenvalue weighted by Gasteiger charge is 2.23. The van der Waals surface area contributed by atoms with Crippen molar-refractivity contribution < 1.29 is 19.1 Å². The first-order valence-electron chi connectivity index (χ1n) is 9.87. The lowest BCUT2D eigenvalue weighted by atomic mass is 9.86. The van der Waals surface area contributed by atoms with Crippen LogP contribution in [0.15, 0.2) is 48.5 Å². The smallest absolute Gasteiger partial charge is 0.412 e. The summed E-state index contributed by atoms with van der Waals surface area (Å²) in [5, 5.41) is 7.02. The number of benzene rings is 2. The Morgan fingerprint density at radius 2 is 1.43 bits per heavy atom. The highest BCUT2D eigenvalue weighted by Crippen LogP contribution is 2.24. The molecule has 2 aromatic rings. The maximum atomic E-state index is 12.1. The number of hydrogen-bond acceptors (Lipinski definition) is 4. The van der Waals surface area contributed by atoms with Crippen LogP contribution in [0.2, 0.25) is 10.0 Å². The van der Waals surface area contributed by atoms with Crippen molar-refractivity contribution >= 4 is 35.2 Å². The lowest BCUT2D eigenvalue weighted by Gasteiger charge is -2.29. The Hall–Kier alpha value is -2.44. The van der Waals surface area contributed by atoms with Crippen LogP contribution in [-0.4, -0.2) is 31.2 Å². The van der Waals surface area contributed by atoms with Crippen molar-refractivity contribution in [2.75, 3.05) is 13.2 Å². The molecule has 30 heavy (non-hydrogen) atoms. The molecule has 1 saturated carbocycles. The standard InChI is InChI=1S/C22H24Cl2N2O4/c23-16-3-9-19(10-4-16)29-14-21(27)26-18-7-1-15(2-8-18)13-25-22(28)30-20-11-5-17(24)6-12-20/h3-6,9-12,15,18H,1-2,7-8,13-14H2,(H,25,28)(H,26,27)/t15-,18-. The Kier molecular flexibility index (Phi) is 8.22. The average Bonchev–Trinajstić information content (AvgIpc) is 2.74. The predicted octanol–water partition coefficient (Wildman–Crippen LogP) is 4.84. The van der Waals surface area contributed by atoms with Gasteiger partial charge in [-0.05, 0) is 80.1 Å². The first kappa shape index (κ1) is 22.2. The fourth-order valence-electron chi connectivity index (χ4n) is 3.33. The minimum absolute atomic E-state index is 0.0281. The lowest BCUT2D eigenvalue weighted by molar-refractivity contribution is -0.124. The molecule has 0 atom stereocenters. The van der Waals surface area contributed by atoms with Gasteiger partial charge in [0.05, 0.1) is 0 Å². The Morgan fingerprint density at radius 1 is 0.867 bits per heavy atom. The minimum atomic E-state index is -0.480. The minimum Gasteiger partial charge on any atom is -0.484 e. The molecule has 0 bridgehead atoms. The molecule has 0 aromatic heterocycles. The molecule has 1 aliphatic rings. The number of amides is 2. The molecule has 1 aliphatic carbocycles. The van der Waals surface area contributed by atoms with Gasteiger partial charge in [-0.2, -0.15) is 0 Å². The number of rotatable bonds is 7. The lowest BCUT2D eigenvalue weighted by Crippen LogP contribution is -2.41. The van der Waals surface area contributed by atoms with Gasteiger partial charge in [0.2, 0.25) is 0 Å². The third-order valence-corrected chi connectivity index (χ3v) is 5.46. The van der Waals surface area contributed by atoms with Gasteiger partial charge < -0.3 is 20.1 Å². The predicted molar refractivity (Wildman–Crippen MR) is 116 cm³/mol. The van der Waals surface area contributed by atoms with E-state index in [4.69, 9.17) is 32.7 Å². The molecule has 0 spiro atoms. The molecule has 0 unspecified atom stereocenters. The Labute approximate surface area is 185 Å². The Balaban J connectivity index is 1.30. The zero-order valence-corrected chi connectivity index (χ0v) is 17.9. The van der Waals surface area contributed by atoms with Crippen LogP contribution in [0.4, 0.5) is 4.79 Å². The normalized spacial score (nSPS) is 18.3. The molecule has 2 N–H and O–H groups in total. The number of carbonyl (C=O) groups excluding carboxylic acids is 2. The van der Waals surface area contributed by atoms with Crippen molar-refractivity contribution in [3.05, 3.63) is 58.6 Å². The summed E-state index contributed by atoms with van der Waals surface area (Å²) in [4.78, 5) is 24.0. The summed E-state index contributed by atoms with van der Waals surface area (Å²) in [6.07, 6.45) is 3.09. The highest BCUT2D eigenvalue weighted by molar-refractivity contribution is 6.30. The maximum absolute atomic E-state index is 12.1. The van der Waals surface area contributed by atoms with Gasteiger partial charge in [-0.3, -0.25) is 4.79 Å². The van der Waals surface area contributed by atoms with Crippen LogP contribution in [0, 0.1) is 5.92 Å². The quantitative estimate of drug-likeness (QED) is 0.632. The molecule has 160 valence electrons. The van der Waals surface area contributed by atoms with Crippen LogP contribution < -0.4 is 20.1 Å².